The van der Waals surface area contributed by atoms with Crippen LogP contribution in [0.5, 0.6) is 11.5 Å². The van der Waals surface area contributed by atoms with E-state index in [0.717, 1.165) is 5.69 Å². The molecule has 2 amide bonds. The van der Waals surface area contributed by atoms with Crippen LogP contribution in [0.4, 0.5) is 0 Å². The second kappa shape index (κ2) is 7.18. The fraction of sp³-hybridized carbons (Fsp3) is 0.238. The third-order valence-electron chi connectivity index (χ3n) is 5.09. The molecule has 0 spiro atoms. The van der Waals surface area contributed by atoms with Crippen LogP contribution in [-0.4, -0.2) is 56.7 Å². The average molecular weight is 405 g/mol. The van der Waals surface area contributed by atoms with Gasteiger partial charge in [0.1, 0.15) is 0 Å². The Morgan fingerprint density at radius 2 is 1.63 bits per heavy atom. The molecule has 0 aliphatic carbocycles. The highest BCUT2D eigenvalue weighted by molar-refractivity contribution is 5.99. The zero-order valence-electron chi connectivity index (χ0n) is 16.3. The average Bonchev–Trinajstić information content (AvgIpc) is 3.52. The van der Waals surface area contributed by atoms with Gasteiger partial charge in [0, 0.05) is 18.7 Å². The molecule has 9 nitrogen and oxygen atoms in total. The molecule has 2 aliphatic rings. The molecule has 2 aromatic carbocycles. The van der Waals surface area contributed by atoms with E-state index in [4.69, 9.17) is 9.47 Å². The summed E-state index contributed by atoms with van der Waals surface area (Å²) in [6, 6.07) is 14.4. The van der Waals surface area contributed by atoms with Gasteiger partial charge in [-0.1, -0.05) is 18.2 Å². The first kappa shape index (κ1) is 18.2. The van der Waals surface area contributed by atoms with Gasteiger partial charge in [0.15, 0.2) is 17.2 Å². The lowest BCUT2D eigenvalue weighted by atomic mass is 10.2. The lowest BCUT2D eigenvalue weighted by molar-refractivity contribution is 0.0181. The minimum absolute atomic E-state index is 0.137. The zero-order chi connectivity index (χ0) is 20.7. The molecule has 5 rings (SSSR count). The van der Waals surface area contributed by atoms with Gasteiger partial charge in [0.05, 0.1) is 11.4 Å². The van der Waals surface area contributed by atoms with Crippen molar-refractivity contribution in [3.8, 4) is 17.2 Å². The topological polar surface area (TPSA) is 89.8 Å². The molecule has 0 N–H and O–H groups in total. The van der Waals surface area contributed by atoms with Crippen molar-refractivity contribution in [1.29, 1.82) is 0 Å². The number of rotatable bonds is 3. The van der Waals surface area contributed by atoms with E-state index in [-0.39, 0.29) is 24.3 Å². The molecule has 152 valence electrons. The number of carbonyl (C=O) groups excluding carboxylic acids is 2. The maximum Gasteiger partial charge on any atom is 0.294 e. The van der Waals surface area contributed by atoms with Crippen LogP contribution in [-0.2, 0) is 0 Å². The lowest BCUT2D eigenvalue weighted by Crippen LogP contribution is -2.45. The van der Waals surface area contributed by atoms with E-state index in [1.165, 1.54) is 14.8 Å². The number of hydrazine groups is 1. The number of hydrogen-bond donors (Lipinski definition) is 0. The number of carbonyl (C=O) groups is 2. The molecule has 0 unspecified atom stereocenters. The molecule has 1 fully saturated rings. The van der Waals surface area contributed by atoms with Crippen LogP contribution in [0, 0.1) is 6.92 Å². The SMILES string of the molecule is Cc1nn(-c2ccccc2)nc1C(=O)N1CCCN1C(=O)c1ccc2c(c1)OCO2. The Balaban J connectivity index is 1.40. The summed E-state index contributed by atoms with van der Waals surface area (Å²) >= 11 is 0. The van der Waals surface area contributed by atoms with Gasteiger partial charge in [-0.25, -0.2) is 10.0 Å². The minimum Gasteiger partial charge on any atom is -0.454 e. The number of ether oxygens (including phenoxy) is 2. The van der Waals surface area contributed by atoms with Crippen molar-refractivity contribution >= 4 is 11.8 Å². The van der Waals surface area contributed by atoms with Crippen LogP contribution >= 0.6 is 0 Å². The summed E-state index contributed by atoms with van der Waals surface area (Å²) in [7, 11) is 0. The Morgan fingerprint density at radius 3 is 2.43 bits per heavy atom. The maximum absolute atomic E-state index is 13.2. The number of benzene rings is 2. The Kier molecular flexibility index (Phi) is 4.35. The van der Waals surface area contributed by atoms with Gasteiger partial charge < -0.3 is 9.47 Å². The van der Waals surface area contributed by atoms with E-state index in [2.05, 4.69) is 10.2 Å². The van der Waals surface area contributed by atoms with E-state index in [1.807, 2.05) is 30.3 Å². The molecule has 1 aromatic heterocycles. The first-order chi connectivity index (χ1) is 14.6. The summed E-state index contributed by atoms with van der Waals surface area (Å²) in [6.45, 7) is 2.76. The van der Waals surface area contributed by atoms with Crippen molar-refractivity contribution in [3.63, 3.8) is 0 Å². The second-order valence-corrected chi connectivity index (χ2v) is 7.04. The molecule has 9 heteroatoms. The molecule has 3 heterocycles. The number of nitrogens with zero attached hydrogens (tertiary/aromatic N) is 5. The summed E-state index contributed by atoms with van der Waals surface area (Å²) in [5, 5.41) is 11.6. The monoisotopic (exact) mass is 405 g/mol. The molecule has 0 bridgehead atoms. The molecular formula is C21H19N5O4. The number of fused-ring (bicyclic) bond motifs is 1. The number of para-hydroxylation sites is 1. The van der Waals surface area contributed by atoms with E-state index in [0.29, 0.717) is 42.3 Å². The molecule has 30 heavy (non-hydrogen) atoms. The Morgan fingerprint density at radius 1 is 0.900 bits per heavy atom. The van der Waals surface area contributed by atoms with Gasteiger partial charge >= 0.3 is 0 Å². The summed E-state index contributed by atoms with van der Waals surface area (Å²) in [5.74, 6) is 0.516. The van der Waals surface area contributed by atoms with E-state index in [1.54, 1.807) is 25.1 Å². The van der Waals surface area contributed by atoms with E-state index < -0.39 is 0 Å². The van der Waals surface area contributed by atoms with Crippen molar-refractivity contribution in [2.45, 2.75) is 13.3 Å². The summed E-state index contributed by atoms with van der Waals surface area (Å²) < 4.78 is 10.7. The quantitative estimate of drug-likeness (QED) is 0.664. The Hall–Kier alpha value is -3.88. The van der Waals surface area contributed by atoms with Gasteiger partial charge in [0.25, 0.3) is 11.8 Å². The first-order valence-electron chi connectivity index (χ1n) is 9.64. The van der Waals surface area contributed by atoms with Gasteiger partial charge in [-0.15, -0.1) is 5.10 Å². The highest BCUT2D eigenvalue weighted by Crippen LogP contribution is 2.33. The molecule has 3 aromatic rings. The summed E-state index contributed by atoms with van der Waals surface area (Å²) in [5.41, 5.74) is 1.92. The predicted molar refractivity (Wildman–Crippen MR) is 105 cm³/mol. The molecule has 2 aliphatic heterocycles. The third kappa shape index (κ3) is 3.04. The van der Waals surface area contributed by atoms with Crippen LogP contribution in [0.25, 0.3) is 5.69 Å². The van der Waals surface area contributed by atoms with Crippen LogP contribution in [0.2, 0.25) is 0 Å². The Labute approximate surface area is 172 Å². The molecular weight excluding hydrogens is 386 g/mol. The van der Waals surface area contributed by atoms with Gasteiger partial charge in [-0.05, 0) is 43.7 Å². The number of amides is 2. The van der Waals surface area contributed by atoms with Crippen molar-refractivity contribution in [2.24, 2.45) is 0 Å². The van der Waals surface area contributed by atoms with E-state index in [9.17, 15) is 9.59 Å². The van der Waals surface area contributed by atoms with Gasteiger partial charge in [0.2, 0.25) is 6.79 Å². The van der Waals surface area contributed by atoms with E-state index >= 15 is 0 Å². The summed E-state index contributed by atoms with van der Waals surface area (Å²) in [4.78, 5) is 27.7. The maximum atomic E-state index is 13.2. The largest absolute Gasteiger partial charge is 0.454 e. The first-order valence-corrected chi connectivity index (χ1v) is 9.64. The highest BCUT2D eigenvalue weighted by Gasteiger charge is 2.34. The second-order valence-electron chi connectivity index (χ2n) is 7.04. The summed E-state index contributed by atoms with van der Waals surface area (Å²) in [6.07, 6.45) is 0.688. The normalized spacial score (nSPS) is 15.0. The van der Waals surface area contributed by atoms with Gasteiger partial charge in [-0.3, -0.25) is 9.59 Å². The highest BCUT2D eigenvalue weighted by atomic mass is 16.7. The molecule has 0 atom stereocenters. The van der Waals surface area contributed by atoms with Crippen LogP contribution in [0.3, 0.4) is 0 Å². The minimum atomic E-state index is -0.346. The fourth-order valence-corrected chi connectivity index (χ4v) is 3.59. The van der Waals surface area contributed by atoms with Crippen LogP contribution in [0.1, 0.15) is 33.0 Å². The number of aryl methyl sites for hydroxylation is 1. The number of hydrogen-bond acceptors (Lipinski definition) is 6. The predicted octanol–water partition coefficient (Wildman–Crippen LogP) is 2.21. The fourth-order valence-electron chi connectivity index (χ4n) is 3.59. The van der Waals surface area contributed by atoms with Crippen molar-refractivity contribution in [1.82, 2.24) is 25.0 Å². The molecule has 0 radical (unpaired) electrons. The van der Waals surface area contributed by atoms with Crippen molar-refractivity contribution in [3.05, 3.63) is 65.5 Å². The Bertz CT molecular complexity index is 1130. The smallest absolute Gasteiger partial charge is 0.294 e. The standard InChI is InChI=1S/C21H19N5O4/c1-14-19(23-26(22-14)16-6-3-2-4-7-16)21(28)25-11-5-10-24(25)20(27)15-8-9-17-18(12-15)30-13-29-17/h2-4,6-9,12H,5,10-11,13H2,1H3. The molecule has 1 saturated heterocycles. The third-order valence-corrected chi connectivity index (χ3v) is 5.09. The lowest BCUT2D eigenvalue weighted by Gasteiger charge is -2.27. The zero-order valence-corrected chi connectivity index (χ0v) is 16.3. The van der Waals surface area contributed by atoms with Crippen LogP contribution < -0.4 is 9.47 Å². The van der Waals surface area contributed by atoms with Crippen LogP contribution in [0.15, 0.2) is 48.5 Å². The number of aromatic nitrogens is 3. The van der Waals surface area contributed by atoms with Crippen molar-refractivity contribution < 1.29 is 19.1 Å². The van der Waals surface area contributed by atoms with Gasteiger partial charge in [-0.2, -0.15) is 9.90 Å². The van der Waals surface area contributed by atoms with Crippen molar-refractivity contribution in [2.75, 3.05) is 19.9 Å². The molecule has 0 saturated carbocycles.